The van der Waals surface area contributed by atoms with Crippen LogP contribution in [0.5, 0.6) is 0 Å². The van der Waals surface area contributed by atoms with Crippen LogP contribution in [0.3, 0.4) is 0 Å². The molecule has 0 radical (unpaired) electrons. The number of carbonyl (C=O) groups excluding carboxylic acids is 1. The third-order valence-electron chi connectivity index (χ3n) is 2.82. The van der Waals surface area contributed by atoms with E-state index in [0.29, 0.717) is 12.6 Å². The monoisotopic (exact) mass is 234 g/mol. The van der Waals surface area contributed by atoms with Crippen molar-refractivity contribution in [3.05, 3.63) is 35.9 Å². The van der Waals surface area contributed by atoms with Crippen LogP contribution in [-0.4, -0.2) is 23.7 Å². The Morgan fingerprint density at radius 3 is 2.94 bits per heavy atom. The normalized spacial score (nSPS) is 20.1. The minimum atomic E-state index is -0.291. The van der Waals surface area contributed by atoms with Crippen LogP contribution in [0.15, 0.2) is 30.3 Å². The van der Waals surface area contributed by atoms with Crippen molar-refractivity contribution in [2.24, 2.45) is 0 Å². The number of hydrogen-bond donors (Lipinski definition) is 1. The predicted octanol–water partition coefficient (Wildman–Crippen LogP) is 2.31. The van der Waals surface area contributed by atoms with Gasteiger partial charge < -0.3 is 4.74 Å². The molecule has 4 nitrogen and oxygen atoms in total. The van der Waals surface area contributed by atoms with Gasteiger partial charge in [-0.3, -0.25) is 0 Å². The molecular weight excluding hydrogens is 216 g/mol. The van der Waals surface area contributed by atoms with Crippen LogP contribution in [0.25, 0.3) is 0 Å². The highest BCUT2D eigenvalue weighted by atomic mass is 16.6. The zero-order chi connectivity index (χ0) is 12.1. The molecule has 17 heavy (non-hydrogen) atoms. The molecule has 0 unspecified atom stereocenters. The third kappa shape index (κ3) is 3.46. The van der Waals surface area contributed by atoms with Gasteiger partial charge in [-0.25, -0.2) is 15.2 Å². The number of carbonyl (C=O) groups is 1. The maximum absolute atomic E-state index is 11.8. The Kier molecular flexibility index (Phi) is 3.98. The van der Waals surface area contributed by atoms with Crippen LogP contribution in [-0.2, 0) is 11.3 Å². The Hall–Kier alpha value is -1.55. The van der Waals surface area contributed by atoms with Crippen LogP contribution in [0.2, 0.25) is 0 Å². The van der Waals surface area contributed by atoms with Crippen molar-refractivity contribution in [1.29, 1.82) is 0 Å². The van der Waals surface area contributed by atoms with Crippen molar-refractivity contribution in [3.63, 3.8) is 0 Å². The van der Waals surface area contributed by atoms with Gasteiger partial charge in [-0.15, -0.1) is 0 Å². The van der Waals surface area contributed by atoms with Crippen LogP contribution < -0.4 is 5.43 Å². The summed E-state index contributed by atoms with van der Waals surface area (Å²) < 4.78 is 5.24. The topological polar surface area (TPSA) is 41.6 Å². The largest absolute Gasteiger partial charge is 0.444 e. The molecule has 0 bridgehead atoms. The summed E-state index contributed by atoms with van der Waals surface area (Å²) in [6.07, 6.45) is 1.83. The summed E-state index contributed by atoms with van der Waals surface area (Å²) >= 11 is 0. The lowest BCUT2D eigenvalue weighted by Gasteiger charge is -2.31. The van der Waals surface area contributed by atoms with Crippen molar-refractivity contribution in [2.45, 2.75) is 32.4 Å². The van der Waals surface area contributed by atoms with Crippen LogP contribution in [0, 0.1) is 0 Å². The molecule has 0 aliphatic carbocycles. The first-order chi connectivity index (χ1) is 8.25. The van der Waals surface area contributed by atoms with E-state index in [2.05, 4.69) is 12.3 Å². The molecule has 1 aromatic carbocycles. The third-order valence-corrected chi connectivity index (χ3v) is 2.82. The minimum absolute atomic E-state index is 0.291. The predicted molar refractivity (Wildman–Crippen MR) is 65.2 cm³/mol. The first kappa shape index (κ1) is 11.9. The maximum atomic E-state index is 11.8. The second kappa shape index (κ2) is 5.68. The van der Waals surface area contributed by atoms with Gasteiger partial charge >= 0.3 is 6.09 Å². The second-order valence-corrected chi connectivity index (χ2v) is 4.36. The number of hydrazine groups is 1. The zero-order valence-corrected chi connectivity index (χ0v) is 10.1. The summed E-state index contributed by atoms with van der Waals surface area (Å²) in [7, 11) is 0. The first-order valence-electron chi connectivity index (χ1n) is 6.00. The molecule has 0 aromatic heterocycles. The summed E-state index contributed by atoms with van der Waals surface area (Å²) in [6.45, 7) is 3.11. The van der Waals surface area contributed by atoms with Crippen LogP contribution in [0.1, 0.15) is 25.3 Å². The van der Waals surface area contributed by atoms with Gasteiger partial charge in [-0.2, -0.15) is 0 Å². The molecule has 1 aliphatic heterocycles. The lowest BCUT2D eigenvalue weighted by atomic mass is 10.1. The van der Waals surface area contributed by atoms with E-state index >= 15 is 0 Å². The molecule has 1 aliphatic rings. The van der Waals surface area contributed by atoms with Crippen LogP contribution in [0.4, 0.5) is 4.79 Å². The molecular formula is C13H18N2O2. The summed E-state index contributed by atoms with van der Waals surface area (Å²) in [5, 5.41) is 1.57. The number of benzene rings is 1. The smallest absolute Gasteiger partial charge is 0.424 e. The molecule has 1 amide bonds. The molecule has 1 N–H and O–H groups in total. The van der Waals surface area contributed by atoms with E-state index in [9.17, 15) is 4.79 Å². The van der Waals surface area contributed by atoms with Crippen molar-refractivity contribution in [3.8, 4) is 0 Å². The Labute approximate surface area is 102 Å². The zero-order valence-electron chi connectivity index (χ0n) is 10.1. The van der Waals surface area contributed by atoms with Gasteiger partial charge in [0.15, 0.2) is 0 Å². The van der Waals surface area contributed by atoms with Crippen molar-refractivity contribution in [2.75, 3.05) is 6.54 Å². The molecule has 2 rings (SSSR count). The average Bonchev–Trinajstić information content (AvgIpc) is 2.37. The van der Waals surface area contributed by atoms with Gasteiger partial charge in [-0.1, -0.05) is 30.3 Å². The lowest BCUT2D eigenvalue weighted by molar-refractivity contribution is 0.0572. The quantitative estimate of drug-likeness (QED) is 0.853. The van der Waals surface area contributed by atoms with Crippen molar-refractivity contribution < 1.29 is 9.53 Å². The number of rotatable bonds is 2. The van der Waals surface area contributed by atoms with Crippen LogP contribution >= 0.6 is 0 Å². The van der Waals surface area contributed by atoms with Gasteiger partial charge in [0, 0.05) is 12.6 Å². The molecule has 1 saturated heterocycles. The molecule has 4 heteroatoms. The van der Waals surface area contributed by atoms with E-state index < -0.39 is 0 Å². The van der Waals surface area contributed by atoms with Crippen molar-refractivity contribution >= 4 is 6.09 Å². The highest BCUT2D eigenvalue weighted by Crippen LogP contribution is 2.09. The Balaban J connectivity index is 1.81. The highest BCUT2D eigenvalue weighted by molar-refractivity contribution is 5.67. The van der Waals surface area contributed by atoms with Gasteiger partial charge in [0.1, 0.15) is 6.61 Å². The molecule has 0 spiro atoms. The summed E-state index contributed by atoms with van der Waals surface area (Å²) in [6, 6.07) is 10.0. The molecule has 92 valence electrons. The van der Waals surface area contributed by atoms with E-state index in [4.69, 9.17) is 4.74 Å². The fourth-order valence-corrected chi connectivity index (χ4v) is 1.89. The number of ether oxygens (including phenoxy) is 1. The van der Waals surface area contributed by atoms with Gasteiger partial charge in [0.2, 0.25) is 0 Å². The van der Waals surface area contributed by atoms with E-state index in [1.54, 1.807) is 5.01 Å². The number of nitrogens with one attached hydrogen (secondary N) is 1. The standard InChI is InChI=1S/C13H18N2O2/c1-11-6-5-9-15(14-11)13(16)17-10-12-7-3-2-4-8-12/h2-4,7-8,11,14H,5-6,9-10H2,1H3/t11-/m1/s1. The highest BCUT2D eigenvalue weighted by Gasteiger charge is 2.21. The van der Waals surface area contributed by atoms with Gasteiger partial charge in [0.25, 0.3) is 0 Å². The Morgan fingerprint density at radius 1 is 1.47 bits per heavy atom. The van der Waals surface area contributed by atoms with E-state index in [1.807, 2.05) is 30.3 Å². The number of amides is 1. The fraction of sp³-hybridized carbons (Fsp3) is 0.462. The summed E-state index contributed by atoms with van der Waals surface area (Å²) in [5.74, 6) is 0. The summed E-state index contributed by atoms with van der Waals surface area (Å²) in [5.41, 5.74) is 4.12. The van der Waals surface area contributed by atoms with E-state index in [1.165, 1.54) is 0 Å². The maximum Gasteiger partial charge on any atom is 0.424 e. The molecule has 1 aromatic rings. The molecule has 1 atom stereocenters. The fourth-order valence-electron chi connectivity index (χ4n) is 1.89. The number of hydrogen-bond acceptors (Lipinski definition) is 3. The number of nitrogens with zero attached hydrogens (tertiary/aromatic N) is 1. The average molecular weight is 234 g/mol. The van der Waals surface area contributed by atoms with Gasteiger partial charge in [0.05, 0.1) is 0 Å². The lowest BCUT2D eigenvalue weighted by Crippen LogP contribution is -2.51. The minimum Gasteiger partial charge on any atom is -0.444 e. The SMILES string of the molecule is C[C@@H]1CCCN(C(=O)OCc2ccccc2)N1. The first-order valence-corrected chi connectivity index (χ1v) is 6.00. The molecule has 1 heterocycles. The van der Waals surface area contributed by atoms with E-state index in [-0.39, 0.29) is 6.09 Å². The molecule has 0 saturated carbocycles. The van der Waals surface area contributed by atoms with Gasteiger partial charge in [-0.05, 0) is 25.3 Å². The van der Waals surface area contributed by atoms with E-state index in [0.717, 1.165) is 24.9 Å². The summed E-state index contributed by atoms with van der Waals surface area (Å²) in [4.78, 5) is 11.8. The molecule has 1 fully saturated rings. The van der Waals surface area contributed by atoms with Crippen molar-refractivity contribution in [1.82, 2.24) is 10.4 Å². The second-order valence-electron chi connectivity index (χ2n) is 4.36. The Bertz CT molecular complexity index is 367. The Morgan fingerprint density at radius 2 is 2.24 bits per heavy atom.